The highest BCUT2D eigenvalue weighted by molar-refractivity contribution is 5.91. The van der Waals surface area contributed by atoms with E-state index in [4.69, 9.17) is 4.52 Å². The molecule has 0 radical (unpaired) electrons. The molecule has 0 saturated heterocycles. The van der Waals surface area contributed by atoms with Gasteiger partial charge < -0.3 is 20.3 Å². The minimum absolute atomic E-state index is 0.0182. The van der Waals surface area contributed by atoms with Gasteiger partial charge in [-0.15, -0.1) is 0 Å². The fraction of sp³-hybridized carbons (Fsp3) is 0.615. The molecule has 0 aliphatic carbocycles. The van der Waals surface area contributed by atoms with Crippen LogP contribution in [-0.2, 0) is 9.59 Å². The van der Waals surface area contributed by atoms with Crippen LogP contribution in [0.25, 0.3) is 0 Å². The average molecular weight is 283 g/mol. The van der Waals surface area contributed by atoms with E-state index in [2.05, 4.69) is 15.8 Å². The number of aliphatic carboxylic acids is 1. The number of rotatable bonds is 6. The molecule has 1 aromatic rings. The molecule has 3 N–H and O–H groups in total. The molecule has 0 aliphatic heterocycles. The van der Waals surface area contributed by atoms with Gasteiger partial charge in [-0.3, -0.25) is 9.59 Å². The van der Waals surface area contributed by atoms with E-state index in [9.17, 15) is 14.7 Å². The Bertz CT molecular complexity index is 505. The maximum Gasteiger partial charge on any atom is 0.310 e. The minimum Gasteiger partial charge on any atom is -0.481 e. The van der Waals surface area contributed by atoms with E-state index in [0.717, 1.165) is 0 Å². The van der Waals surface area contributed by atoms with Gasteiger partial charge in [-0.05, 0) is 34.6 Å². The molecule has 0 atom stereocenters. The van der Waals surface area contributed by atoms with Crippen molar-refractivity contribution < 1.29 is 19.2 Å². The third kappa shape index (κ3) is 3.57. The third-order valence-electron chi connectivity index (χ3n) is 3.68. The number of carboxylic acids is 1. The zero-order chi connectivity index (χ0) is 15.6. The van der Waals surface area contributed by atoms with Crippen molar-refractivity contribution in [2.75, 3.05) is 11.9 Å². The standard InChI is InChI=1S/C13H21N3O4/c1-8-6-9(16-20-8)15-10(17)7-14-13(4,5)12(2,3)11(18)19/h6,14H,7H2,1-5H3,(H,18,19)(H,15,16,17). The Morgan fingerprint density at radius 3 is 2.40 bits per heavy atom. The Labute approximate surface area is 117 Å². The van der Waals surface area contributed by atoms with E-state index in [1.165, 1.54) is 0 Å². The van der Waals surface area contributed by atoms with Crippen molar-refractivity contribution in [3.05, 3.63) is 11.8 Å². The van der Waals surface area contributed by atoms with Crippen molar-refractivity contribution in [3.8, 4) is 0 Å². The summed E-state index contributed by atoms with van der Waals surface area (Å²) in [6, 6.07) is 1.60. The van der Waals surface area contributed by atoms with Gasteiger partial charge >= 0.3 is 5.97 Å². The van der Waals surface area contributed by atoms with Gasteiger partial charge in [0.1, 0.15) is 5.76 Å². The molecule has 0 saturated carbocycles. The normalized spacial score (nSPS) is 12.2. The van der Waals surface area contributed by atoms with Crippen molar-refractivity contribution in [1.29, 1.82) is 0 Å². The van der Waals surface area contributed by atoms with E-state index in [0.29, 0.717) is 11.6 Å². The van der Waals surface area contributed by atoms with Crippen LogP contribution in [0.1, 0.15) is 33.5 Å². The summed E-state index contributed by atoms with van der Waals surface area (Å²) in [5.41, 5.74) is -1.77. The summed E-state index contributed by atoms with van der Waals surface area (Å²) in [6.07, 6.45) is 0. The maximum absolute atomic E-state index is 11.8. The van der Waals surface area contributed by atoms with Gasteiger partial charge in [0.15, 0.2) is 5.82 Å². The monoisotopic (exact) mass is 283 g/mol. The average Bonchev–Trinajstić information content (AvgIpc) is 2.72. The van der Waals surface area contributed by atoms with Crippen molar-refractivity contribution >= 4 is 17.7 Å². The molecular weight excluding hydrogens is 262 g/mol. The zero-order valence-electron chi connectivity index (χ0n) is 12.4. The first-order chi connectivity index (χ1) is 9.06. The highest BCUT2D eigenvalue weighted by Gasteiger charge is 2.43. The first-order valence-corrected chi connectivity index (χ1v) is 6.28. The molecule has 1 aromatic heterocycles. The lowest BCUT2D eigenvalue weighted by Gasteiger charge is -2.38. The molecule has 1 amide bonds. The predicted octanol–water partition coefficient (Wildman–Crippen LogP) is 1.40. The fourth-order valence-electron chi connectivity index (χ4n) is 1.40. The van der Waals surface area contributed by atoms with Crippen LogP contribution in [0.5, 0.6) is 0 Å². The van der Waals surface area contributed by atoms with Gasteiger partial charge in [0.2, 0.25) is 5.91 Å². The van der Waals surface area contributed by atoms with Crippen LogP contribution in [0.4, 0.5) is 5.82 Å². The Morgan fingerprint density at radius 2 is 1.95 bits per heavy atom. The summed E-state index contributed by atoms with van der Waals surface area (Å²) in [6.45, 7) is 8.42. The van der Waals surface area contributed by atoms with Crippen LogP contribution < -0.4 is 10.6 Å². The van der Waals surface area contributed by atoms with Crippen molar-refractivity contribution in [3.63, 3.8) is 0 Å². The van der Waals surface area contributed by atoms with Crippen LogP contribution in [0.3, 0.4) is 0 Å². The highest BCUT2D eigenvalue weighted by Crippen LogP contribution is 2.30. The molecule has 1 rings (SSSR count). The second kappa shape index (κ2) is 5.62. The second-order valence-corrected chi connectivity index (χ2v) is 5.78. The summed E-state index contributed by atoms with van der Waals surface area (Å²) in [5, 5.41) is 18.4. The third-order valence-corrected chi connectivity index (χ3v) is 3.68. The lowest BCUT2D eigenvalue weighted by molar-refractivity contribution is -0.151. The molecule has 0 aliphatic rings. The Balaban J connectivity index is 2.58. The summed E-state index contributed by atoms with van der Waals surface area (Å²) in [7, 11) is 0. The molecule has 0 spiro atoms. The number of carboxylic acid groups (broad SMARTS) is 1. The minimum atomic E-state index is -1.02. The van der Waals surface area contributed by atoms with Gasteiger partial charge in [-0.25, -0.2) is 0 Å². The largest absolute Gasteiger partial charge is 0.481 e. The molecule has 0 aromatic carbocycles. The van der Waals surface area contributed by atoms with E-state index < -0.39 is 16.9 Å². The van der Waals surface area contributed by atoms with Gasteiger partial charge in [0, 0.05) is 11.6 Å². The number of aryl methyl sites for hydroxylation is 1. The van der Waals surface area contributed by atoms with Gasteiger partial charge in [0.05, 0.1) is 12.0 Å². The second-order valence-electron chi connectivity index (χ2n) is 5.78. The van der Waals surface area contributed by atoms with Crippen molar-refractivity contribution in [2.45, 2.75) is 40.2 Å². The lowest BCUT2D eigenvalue weighted by atomic mass is 9.74. The van der Waals surface area contributed by atoms with Crippen molar-refractivity contribution in [1.82, 2.24) is 10.5 Å². The number of carbonyl (C=O) groups is 2. The van der Waals surface area contributed by atoms with Crippen molar-refractivity contribution in [2.24, 2.45) is 5.41 Å². The predicted molar refractivity (Wildman–Crippen MR) is 73.4 cm³/mol. The number of nitrogens with zero attached hydrogens (tertiary/aromatic N) is 1. The summed E-state index contributed by atoms with van der Waals surface area (Å²) in [4.78, 5) is 23.0. The summed E-state index contributed by atoms with van der Waals surface area (Å²) in [5.74, 6) is -0.305. The molecule has 1 heterocycles. The first kappa shape index (κ1) is 16.2. The topological polar surface area (TPSA) is 104 Å². The van der Waals surface area contributed by atoms with E-state index >= 15 is 0 Å². The van der Waals surface area contributed by atoms with E-state index in [1.807, 2.05) is 0 Å². The lowest BCUT2D eigenvalue weighted by Crippen LogP contribution is -2.56. The van der Waals surface area contributed by atoms with Gasteiger partial charge in [0.25, 0.3) is 0 Å². The maximum atomic E-state index is 11.8. The Hall–Kier alpha value is -1.89. The van der Waals surface area contributed by atoms with Crippen LogP contribution in [0, 0.1) is 12.3 Å². The molecule has 7 heteroatoms. The Kier molecular flexibility index (Phi) is 4.54. The van der Waals surface area contributed by atoms with E-state index in [-0.39, 0.29) is 12.5 Å². The highest BCUT2D eigenvalue weighted by atomic mass is 16.5. The van der Waals surface area contributed by atoms with Crippen LogP contribution in [-0.4, -0.2) is 34.2 Å². The van der Waals surface area contributed by atoms with Crippen LogP contribution >= 0.6 is 0 Å². The summed E-state index contributed by atoms with van der Waals surface area (Å²) >= 11 is 0. The number of hydrogen-bond donors (Lipinski definition) is 3. The van der Waals surface area contributed by atoms with Gasteiger partial charge in [-0.1, -0.05) is 5.16 Å². The molecule has 20 heavy (non-hydrogen) atoms. The van der Waals surface area contributed by atoms with Crippen LogP contribution in [0.2, 0.25) is 0 Å². The van der Waals surface area contributed by atoms with Gasteiger partial charge in [-0.2, -0.15) is 0 Å². The SMILES string of the molecule is Cc1cc(NC(=O)CNC(C)(C)C(C)(C)C(=O)O)no1. The smallest absolute Gasteiger partial charge is 0.310 e. The number of carbonyl (C=O) groups excluding carboxylic acids is 1. The Morgan fingerprint density at radius 1 is 1.35 bits per heavy atom. The molecule has 0 fully saturated rings. The molecular formula is C13H21N3O4. The number of anilines is 1. The molecule has 0 unspecified atom stereocenters. The number of hydrogen-bond acceptors (Lipinski definition) is 5. The summed E-state index contributed by atoms with van der Waals surface area (Å²) < 4.78 is 4.83. The first-order valence-electron chi connectivity index (χ1n) is 6.28. The molecule has 7 nitrogen and oxygen atoms in total. The number of aromatic nitrogens is 1. The quantitative estimate of drug-likeness (QED) is 0.729. The number of amides is 1. The number of nitrogens with one attached hydrogen (secondary N) is 2. The molecule has 0 bridgehead atoms. The zero-order valence-corrected chi connectivity index (χ0v) is 12.4. The van der Waals surface area contributed by atoms with Crippen LogP contribution in [0.15, 0.2) is 10.6 Å². The van der Waals surface area contributed by atoms with E-state index in [1.54, 1.807) is 40.7 Å². The molecule has 112 valence electrons. The fourth-order valence-corrected chi connectivity index (χ4v) is 1.40.